The van der Waals surface area contributed by atoms with E-state index in [2.05, 4.69) is 5.32 Å². The number of halogens is 3. The van der Waals surface area contributed by atoms with E-state index in [1.807, 2.05) is 0 Å². The molecule has 0 aliphatic heterocycles. The maximum Gasteiger partial charge on any atom is 0.271 e. The third-order valence-electron chi connectivity index (χ3n) is 2.56. The molecule has 0 aromatic heterocycles. The summed E-state index contributed by atoms with van der Waals surface area (Å²) < 4.78 is 12.2. The van der Waals surface area contributed by atoms with Gasteiger partial charge in [0.25, 0.3) is 5.69 Å². The van der Waals surface area contributed by atoms with Gasteiger partial charge in [-0.1, -0.05) is 0 Å². The quantitative estimate of drug-likeness (QED) is 0.529. The molecule has 18 heavy (non-hydrogen) atoms. The first-order valence-electron chi connectivity index (χ1n) is 4.94. The maximum atomic E-state index is 13.4. The zero-order chi connectivity index (χ0) is 13.5. The number of rotatable bonds is 3. The highest BCUT2D eigenvalue weighted by Gasteiger charge is 2.56. The second-order valence-corrected chi connectivity index (χ2v) is 5.47. The Kier molecular flexibility index (Phi) is 3.16. The number of carbonyl (C=O) groups is 1. The van der Waals surface area contributed by atoms with Crippen molar-refractivity contribution < 1.29 is 14.1 Å². The number of carbonyl (C=O) groups excluding carboxylic acids is 1. The SMILES string of the molecule is O=C(Nc1cc([N+](=O)[O-])ccc1F)C1CC1(Cl)Cl. The van der Waals surface area contributed by atoms with Crippen molar-refractivity contribution >= 4 is 40.5 Å². The van der Waals surface area contributed by atoms with Crippen LogP contribution in [0.5, 0.6) is 0 Å². The summed E-state index contributed by atoms with van der Waals surface area (Å²) in [5, 5.41) is 12.8. The summed E-state index contributed by atoms with van der Waals surface area (Å²) in [4.78, 5) is 21.5. The molecule has 1 aliphatic rings. The molecule has 0 radical (unpaired) electrons. The van der Waals surface area contributed by atoms with Crippen LogP contribution in [0.4, 0.5) is 15.8 Å². The van der Waals surface area contributed by atoms with Crippen molar-refractivity contribution in [2.45, 2.75) is 10.8 Å². The minimum absolute atomic E-state index is 0.259. The normalized spacial score (nSPS) is 20.3. The fraction of sp³-hybridized carbons (Fsp3) is 0.300. The first kappa shape index (κ1) is 13.0. The molecule has 1 amide bonds. The van der Waals surface area contributed by atoms with Crippen molar-refractivity contribution in [2.24, 2.45) is 5.92 Å². The lowest BCUT2D eigenvalue weighted by atomic mass is 10.2. The van der Waals surface area contributed by atoms with Crippen LogP contribution in [0.25, 0.3) is 0 Å². The summed E-state index contributed by atoms with van der Waals surface area (Å²) in [5.41, 5.74) is -0.573. The van der Waals surface area contributed by atoms with Gasteiger partial charge in [0.05, 0.1) is 16.5 Å². The number of anilines is 1. The lowest BCUT2D eigenvalue weighted by Gasteiger charge is -2.06. The Morgan fingerprint density at radius 2 is 2.17 bits per heavy atom. The number of alkyl halides is 2. The Hall–Kier alpha value is -1.40. The number of nitrogens with one attached hydrogen (secondary N) is 1. The molecule has 0 bridgehead atoms. The molecular weight excluding hydrogens is 286 g/mol. The largest absolute Gasteiger partial charge is 0.323 e. The molecule has 2 rings (SSSR count). The van der Waals surface area contributed by atoms with Crippen molar-refractivity contribution in [1.29, 1.82) is 0 Å². The summed E-state index contributed by atoms with van der Waals surface area (Å²) in [6, 6.07) is 2.87. The third kappa shape index (κ3) is 2.54. The molecule has 1 saturated carbocycles. The highest BCUT2D eigenvalue weighted by Crippen LogP contribution is 2.53. The van der Waals surface area contributed by atoms with Crippen LogP contribution < -0.4 is 5.32 Å². The van der Waals surface area contributed by atoms with Crippen LogP contribution in [0, 0.1) is 21.8 Å². The van der Waals surface area contributed by atoms with Gasteiger partial charge in [0.15, 0.2) is 0 Å². The summed E-state index contributed by atoms with van der Waals surface area (Å²) in [7, 11) is 0. The van der Waals surface area contributed by atoms with E-state index in [0.717, 1.165) is 18.2 Å². The van der Waals surface area contributed by atoms with Gasteiger partial charge in [-0.05, 0) is 12.5 Å². The maximum absolute atomic E-state index is 13.4. The predicted octanol–water partition coefficient (Wildman–Crippen LogP) is 2.87. The monoisotopic (exact) mass is 292 g/mol. The van der Waals surface area contributed by atoms with Gasteiger partial charge in [0.2, 0.25) is 5.91 Å². The number of hydrogen-bond donors (Lipinski definition) is 1. The van der Waals surface area contributed by atoms with E-state index in [1.165, 1.54) is 0 Å². The zero-order valence-corrected chi connectivity index (χ0v) is 10.3. The van der Waals surface area contributed by atoms with E-state index in [4.69, 9.17) is 23.2 Å². The molecule has 0 spiro atoms. The van der Waals surface area contributed by atoms with E-state index in [-0.39, 0.29) is 17.8 Å². The minimum Gasteiger partial charge on any atom is -0.323 e. The zero-order valence-electron chi connectivity index (χ0n) is 8.82. The fourth-order valence-corrected chi connectivity index (χ4v) is 1.95. The highest BCUT2D eigenvalue weighted by molar-refractivity contribution is 6.52. The van der Waals surface area contributed by atoms with Crippen LogP contribution in [0.2, 0.25) is 0 Å². The first-order valence-corrected chi connectivity index (χ1v) is 5.69. The Balaban J connectivity index is 2.16. The molecule has 5 nitrogen and oxygen atoms in total. The second kappa shape index (κ2) is 4.37. The van der Waals surface area contributed by atoms with E-state index >= 15 is 0 Å². The van der Waals surface area contributed by atoms with Crippen LogP contribution in [0.3, 0.4) is 0 Å². The van der Waals surface area contributed by atoms with Crippen LogP contribution in [0.1, 0.15) is 6.42 Å². The van der Waals surface area contributed by atoms with Crippen LogP contribution in [-0.2, 0) is 4.79 Å². The Labute approximate surface area is 111 Å². The van der Waals surface area contributed by atoms with Crippen molar-refractivity contribution in [2.75, 3.05) is 5.32 Å². The Bertz CT molecular complexity index is 536. The molecule has 1 aromatic rings. The molecule has 1 aliphatic carbocycles. The van der Waals surface area contributed by atoms with E-state index < -0.39 is 26.9 Å². The Morgan fingerprint density at radius 1 is 1.56 bits per heavy atom. The number of nitro benzene ring substituents is 1. The number of nitro groups is 1. The summed E-state index contributed by atoms with van der Waals surface area (Å²) in [6.07, 6.45) is 0.276. The fourth-order valence-electron chi connectivity index (χ4n) is 1.44. The van der Waals surface area contributed by atoms with Crippen molar-refractivity contribution in [3.63, 3.8) is 0 Å². The first-order chi connectivity index (χ1) is 8.31. The van der Waals surface area contributed by atoms with Crippen LogP contribution >= 0.6 is 23.2 Å². The number of nitrogens with zero attached hydrogens (tertiary/aromatic N) is 1. The van der Waals surface area contributed by atoms with Gasteiger partial charge in [-0.2, -0.15) is 0 Å². The average molecular weight is 293 g/mol. The van der Waals surface area contributed by atoms with E-state index in [1.54, 1.807) is 0 Å². The van der Waals surface area contributed by atoms with Gasteiger partial charge in [0, 0.05) is 12.1 Å². The lowest BCUT2D eigenvalue weighted by molar-refractivity contribution is -0.384. The van der Waals surface area contributed by atoms with Gasteiger partial charge in [-0.3, -0.25) is 14.9 Å². The van der Waals surface area contributed by atoms with Gasteiger partial charge < -0.3 is 5.32 Å². The topological polar surface area (TPSA) is 72.2 Å². The van der Waals surface area contributed by atoms with Crippen LogP contribution in [0.15, 0.2) is 18.2 Å². The molecule has 1 unspecified atom stereocenters. The van der Waals surface area contributed by atoms with Crippen molar-refractivity contribution in [3.8, 4) is 0 Å². The molecule has 0 saturated heterocycles. The van der Waals surface area contributed by atoms with Crippen LogP contribution in [-0.4, -0.2) is 15.2 Å². The molecule has 0 heterocycles. The van der Waals surface area contributed by atoms with Gasteiger partial charge in [0.1, 0.15) is 10.2 Å². The summed E-state index contributed by atoms with van der Waals surface area (Å²) in [5.74, 6) is -1.94. The molecule has 1 atom stereocenters. The number of hydrogen-bond acceptors (Lipinski definition) is 3. The number of amides is 1. The van der Waals surface area contributed by atoms with Crippen molar-refractivity contribution in [1.82, 2.24) is 0 Å². The summed E-state index contributed by atoms with van der Waals surface area (Å²) >= 11 is 11.4. The highest BCUT2D eigenvalue weighted by atomic mass is 35.5. The summed E-state index contributed by atoms with van der Waals surface area (Å²) in [6.45, 7) is 0. The third-order valence-corrected chi connectivity index (χ3v) is 3.40. The van der Waals surface area contributed by atoms with Gasteiger partial charge >= 0.3 is 0 Å². The van der Waals surface area contributed by atoms with Gasteiger partial charge in [-0.25, -0.2) is 4.39 Å². The van der Waals surface area contributed by atoms with E-state index in [0.29, 0.717) is 0 Å². The molecule has 1 aromatic carbocycles. The molecule has 96 valence electrons. The molecule has 1 N–H and O–H groups in total. The average Bonchev–Trinajstić information content (AvgIpc) is 2.90. The molecular formula is C10H7Cl2FN2O3. The molecule has 1 fully saturated rings. The van der Waals surface area contributed by atoms with E-state index in [9.17, 15) is 19.3 Å². The van der Waals surface area contributed by atoms with Crippen molar-refractivity contribution in [3.05, 3.63) is 34.1 Å². The Morgan fingerprint density at radius 3 is 2.67 bits per heavy atom. The predicted molar refractivity (Wildman–Crippen MR) is 64.2 cm³/mol. The minimum atomic E-state index is -1.12. The standard InChI is InChI=1S/C10H7Cl2FN2O3/c11-10(12)4-6(10)9(16)14-8-3-5(15(17)18)1-2-7(8)13/h1-3,6H,4H2,(H,14,16). The number of benzene rings is 1. The van der Waals surface area contributed by atoms with Gasteiger partial charge in [-0.15, -0.1) is 23.2 Å². The molecule has 8 heteroatoms. The number of non-ortho nitro benzene ring substituents is 1. The second-order valence-electron chi connectivity index (χ2n) is 3.93. The smallest absolute Gasteiger partial charge is 0.271 e. The lowest BCUT2D eigenvalue weighted by Crippen LogP contribution is -2.17.